The predicted octanol–water partition coefficient (Wildman–Crippen LogP) is 2.76. The summed E-state index contributed by atoms with van der Waals surface area (Å²) in [6.45, 7) is 1.39. The van der Waals surface area contributed by atoms with Crippen LogP contribution in [0.3, 0.4) is 0 Å². The van der Waals surface area contributed by atoms with Gasteiger partial charge in [-0.1, -0.05) is 25.7 Å². The van der Waals surface area contributed by atoms with E-state index in [4.69, 9.17) is 0 Å². The summed E-state index contributed by atoms with van der Waals surface area (Å²) in [5.74, 6) is -0.207. The number of alkyl halides is 3. The minimum absolute atomic E-state index is 0.0479. The van der Waals surface area contributed by atoms with Gasteiger partial charge in [0.05, 0.1) is 13.0 Å². The van der Waals surface area contributed by atoms with Crippen molar-refractivity contribution in [3.63, 3.8) is 0 Å². The van der Waals surface area contributed by atoms with Gasteiger partial charge in [-0.15, -0.1) is 0 Å². The van der Waals surface area contributed by atoms with Gasteiger partial charge in [-0.3, -0.25) is 4.79 Å². The molecule has 0 saturated heterocycles. The van der Waals surface area contributed by atoms with E-state index in [1.807, 2.05) is 0 Å². The molecule has 112 valence electrons. The topological polar surface area (TPSA) is 41.1 Å². The van der Waals surface area contributed by atoms with E-state index in [9.17, 15) is 18.0 Å². The van der Waals surface area contributed by atoms with E-state index in [-0.39, 0.29) is 18.5 Å². The van der Waals surface area contributed by atoms with Crippen LogP contribution in [-0.4, -0.2) is 30.7 Å². The van der Waals surface area contributed by atoms with Gasteiger partial charge in [0.25, 0.3) is 0 Å². The maximum absolute atomic E-state index is 12.1. The van der Waals surface area contributed by atoms with Gasteiger partial charge in [0.15, 0.2) is 0 Å². The zero-order valence-corrected chi connectivity index (χ0v) is 11.4. The van der Waals surface area contributed by atoms with Crippen LogP contribution in [0.2, 0.25) is 0 Å². The van der Waals surface area contributed by atoms with Gasteiger partial charge in [-0.25, -0.2) is 0 Å². The largest absolute Gasteiger partial charge is 0.390 e. The van der Waals surface area contributed by atoms with Crippen molar-refractivity contribution >= 4 is 5.91 Å². The molecule has 1 aliphatic rings. The maximum Gasteiger partial charge on any atom is 0.390 e. The van der Waals surface area contributed by atoms with Gasteiger partial charge < -0.3 is 10.6 Å². The van der Waals surface area contributed by atoms with Crippen LogP contribution >= 0.6 is 0 Å². The van der Waals surface area contributed by atoms with E-state index in [1.54, 1.807) is 0 Å². The van der Waals surface area contributed by atoms with E-state index >= 15 is 0 Å². The van der Waals surface area contributed by atoms with Crippen LogP contribution in [-0.2, 0) is 4.79 Å². The highest BCUT2D eigenvalue weighted by Gasteiger charge is 2.29. The molecule has 0 spiro atoms. The Morgan fingerprint density at radius 3 is 2.32 bits per heavy atom. The molecule has 1 rings (SSSR count). The van der Waals surface area contributed by atoms with Gasteiger partial charge >= 0.3 is 6.18 Å². The molecule has 1 atom stereocenters. The number of hydrogen-bond donors (Lipinski definition) is 2. The molecular formula is C13H23F3N2O. The Morgan fingerprint density at radius 2 is 1.79 bits per heavy atom. The molecule has 1 amide bonds. The van der Waals surface area contributed by atoms with E-state index < -0.39 is 18.6 Å². The molecule has 1 aliphatic carbocycles. The average Bonchev–Trinajstić information content (AvgIpc) is 2.53. The molecule has 0 aliphatic heterocycles. The van der Waals surface area contributed by atoms with Crippen molar-refractivity contribution in [3.8, 4) is 0 Å². The molecule has 0 aromatic heterocycles. The summed E-state index contributed by atoms with van der Waals surface area (Å²) < 4.78 is 36.3. The molecule has 0 heterocycles. The van der Waals surface area contributed by atoms with Crippen LogP contribution in [0, 0.1) is 0 Å². The lowest BCUT2D eigenvalue weighted by Crippen LogP contribution is -2.43. The molecule has 2 N–H and O–H groups in total. The van der Waals surface area contributed by atoms with Crippen molar-refractivity contribution in [1.29, 1.82) is 0 Å². The first-order valence-electron chi connectivity index (χ1n) is 6.96. The van der Waals surface area contributed by atoms with Crippen molar-refractivity contribution < 1.29 is 18.0 Å². The number of amides is 1. The Balaban J connectivity index is 2.19. The molecule has 0 aromatic carbocycles. The van der Waals surface area contributed by atoms with E-state index in [0.717, 1.165) is 25.7 Å². The van der Waals surface area contributed by atoms with Crippen LogP contribution in [0.4, 0.5) is 13.2 Å². The van der Waals surface area contributed by atoms with Crippen molar-refractivity contribution in [2.75, 3.05) is 6.54 Å². The van der Waals surface area contributed by atoms with Crippen LogP contribution in [0.5, 0.6) is 0 Å². The molecule has 0 aromatic rings. The summed E-state index contributed by atoms with van der Waals surface area (Å²) in [5.41, 5.74) is 0. The fourth-order valence-corrected chi connectivity index (χ4v) is 2.39. The van der Waals surface area contributed by atoms with Crippen molar-refractivity contribution in [1.82, 2.24) is 10.6 Å². The Kier molecular flexibility index (Phi) is 6.62. The summed E-state index contributed by atoms with van der Waals surface area (Å²) in [7, 11) is 0. The lowest BCUT2D eigenvalue weighted by atomic mass is 10.1. The Labute approximate surface area is 112 Å². The van der Waals surface area contributed by atoms with Crippen molar-refractivity contribution in [3.05, 3.63) is 0 Å². The number of rotatable bonds is 5. The number of hydrogen-bond acceptors (Lipinski definition) is 2. The molecule has 0 radical (unpaired) electrons. The molecule has 1 unspecified atom stereocenters. The maximum atomic E-state index is 12.1. The van der Waals surface area contributed by atoms with Crippen molar-refractivity contribution in [2.45, 2.75) is 70.1 Å². The number of carbonyl (C=O) groups is 1. The summed E-state index contributed by atoms with van der Waals surface area (Å²) in [6.07, 6.45) is 1.48. The van der Waals surface area contributed by atoms with E-state index in [1.165, 1.54) is 19.8 Å². The number of nitrogens with one attached hydrogen (secondary N) is 2. The number of carbonyl (C=O) groups excluding carboxylic acids is 1. The second-order valence-corrected chi connectivity index (χ2v) is 5.36. The standard InChI is InChI=1S/C13H23F3N2O/c1-10(8-13(14,15)16)17-9-12(19)18-11-6-4-2-3-5-7-11/h10-11,17H,2-9H2,1H3,(H,18,19). The molecule has 0 bridgehead atoms. The highest BCUT2D eigenvalue weighted by atomic mass is 19.4. The fourth-order valence-electron chi connectivity index (χ4n) is 2.39. The first kappa shape index (κ1) is 16.3. The molecule has 1 fully saturated rings. The summed E-state index contributed by atoms with van der Waals surface area (Å²) >= 11 is 0. The van der Waals surface area contributed by atoms with E-state index in [0.29, 0.717) is 0 Å². The Morgan fingerprint density at radius 1 is 1.21 bits per heavy atom. The first-order chi connectivity index (χ1) is 8.87. The predicted molar refractivity (Wildman–Crippen MR) is 67.8 cm³/mol. The average molecular weight is 280 g/mol. The Hall–Kier alpha value is -0.780. The summed E-state index contributed by atoms with van der Waals surface area (Å²) in [5, 5.41) is 5.51. The van der Waals surface area contributed by atoms with Crippen LogP contribution in [0.1, 0.15) is 51.9 Å². The van der Waals surface area contributed by atoms with Crippen molar-refractivity contribution in [2.24, 2.45) is 0 Å². The quantitative estimate of drug-likeness (QED) is 0.760. The molecule has 1 saturated carbocycles. The third-order valence-corrected chi connectivity index (χ3v) is 3.37. The molecule has 3 nitrogen and oxygen atoms in total. The zero-order chi connectivity index (χ0) is 14.3. The third kappa shape index (κ3) is 8.08. The van der Waals surface area contributed by atoms with Gasteiger partial charge in [0.2, 0.25) is 5.91 Å². The second kappa shape index (κ2) is 7.72. The molecule has 19 heavy (non-hydrogen) atoms. The van der Waals surface area contributed by atoms with Crippen LogP contribution in [0.25, 0.3) is 0 Å². The minimum Gasteiger partial charge on any atom is -0.352 e. The molecular weight excluding hydrogens is 257 g/mol. The molecule has 6 heteroatoms. The summed E-state index contributed by atoms with van der Waals surface area (Å²) in [4.78, 5) is 11.6. The monoisotopic (exact) mass is 280 g/mol. The SMILES string of the molecule is CC(CC(F)(F)F)NCC(=O)NC1CCCCCC1. The highest BCUT2D eigenvalue weighted by molar-refractivity contribution is 5.78. The number of halogens is 3. The lowest BCUT2D eigenvalue weighted by Gasteiger charge is -2.19. The van der Waals surface area contributed by atoms with Gasteiger partial charge in [0, 0.05) is 12.1 Å². The van der Waals surface area contributed by atoms with Crippen LogP contribution < -0.4 is 10.6 Å². The zero-order valence-electron chi connectivity index (χ0n) is 11.4. The normalized spacial score (nSPS) is 19.8. The third-order valence-electron chi connectivity index (χ3n) is 3.37. The van der Waals surface area contributed by atoms with Crippen LogP contribution in [0.15, 0.2) is 0 Å². The van der Waals surface area contributed by atoms with E-state index in [2.05, 4.69) is 10.6 Å². The minimum atomic E-state index is -4.19. The van der Waals surface area contributed by atoms with Gasteiger partial charge in [-0.05, 0) is 19.8 Å². The summed E-state index contributed by atoms with van der Waals surface area (Å²) in [6, 6.07) is -0.547. The Bertz CT molecular complexity index is 274. The fraction of sp³-hybridized carbons (Fsp3) is 0.923. The highest BCUT2D eigenvalue weighted by Crippen LogP contribution is 2.21. The van der Waals surface area contributed by atoms with Gasteiger partial charge in [0.1, 0.15) is 0 Å². The van der Waals surface area contributed by atoms with Gasteiger partial charge in [-0.2, -0.15) is 13.2 Å². The second-order valence-electron chi connectivity index (χ2n) is 5.36. The first-order valence-corrected chi connectivity index (χ1v) is 6.96. The smallest absolute Gasteiger partial charge is 0.352 e. The lowest BCUT2D eigenvalue weighted by molar-refractivity contribution is -0.140.